The Morgan fingerprint density at radius 2 is 2.26 bits per heavy atom. The highest BCUT2D eigenvalue weighted by Crippen LogP contribution is 2.30. The number of nitrogens with zero attached hydrogens (tertiary/aromatic N) is 4. The van der Waals surface area contributed by atoms with Crippen LogP contribution in [0.5, 0.6) is 0 Å². The van der Waals surface area contributed by atoms with Gasteiger partial charge in [0.1, 0.15) is 4.60 Å². The topological polar surface area (TPSA) is 33.4 Å². The third-order valence-electron chi connectivity index (χ3n) is 4.16. The molecule has 0 N–H and O–H groups in total. The van der Waals surface area contributed by atoms with Gasteiger partial charge in [0.05, 0.1) is 0 Å². The quantitative estimate of drug-likeness (QED) is 0.848. The van der Waals surface area contributed by atoms with E-state index in [1.165, 1.54) is 19.3 Å². The number of hydrogen-bond acceptors (Lipinski definition) is 3. The minimum atomic E-state index is 0.533. The van der Waals surface area contributed by atoms with Gasteiger partial charge in [0, 0.05) is 31.2 Å². The lowest BCUT2D eigenvalue weighted by atomic mass is 9.91. The average molecular weight is 323 g/mol. The van der Waals surface area contributed by atoms with Crippen LogP contribution in [0.1, 0.15) is 33.1 Å². The average Bonchev–Trinajstić information content (AvgIpc) is 2.86. The van der Waals surface area contributed by atoms with Crippen LogP contribution in [-0.2, 0) is 0 Å². The highest BCUT2D eigenvalue weighted by Gasteiger charge is 2.27. The third-order valence-corrected chi connectivity index (χ3v) is 4.54. The number of fused-ring (bicyclic) bond motifs is 1. The molecule has 0 aliphatic carbocycles. The fourth-order valence-electron chi connectivity index (χ4n) is 2.89. The first-order valence-corrected chi connectivity index (χ1v) is 7.74. The second-order valence-electron chi connectivity index (χ2n) is 5.40. The standard InChI is InChI=1S/C14H19BrN4/c1-3-11-5-4-10(2)19(8-11)14-13-16-6-7-18(13)9-12(15)17-14/h6-7,9-11H,3-5,8H2,1-2H3. The summed E-state index contributed by atoms with van der Waals surface area (Å²) in [6.07, 6.45) is 9.56. The molecule has 1 aliphatic rings. The van der Waals surface area contributed by atoms with Crippen molar-refractivity contribution in [3.8, 4) is 0 Å². The SMILES string of the molecule is CCC1CCC(C)N(c2nc(Br)cn3ccnc23)C1. The van der Waals surface area contributed by atoms with E-state index in [-0.39, 0.29) is 0 Å². The summed E-state index contributed by atoms with van der Waals surface area (Å²) < 4.78 is 2.90. The maximum Gasteiger partial charge on any atom is 0.180 e. The van der Waals surface area contributed by atoms with Crippen molar-refractivity contribution in [1.29, 1.82) is 0 Å². The molecule has 0 aromatic carbocycles. The summed E-state index contributed by atoms with van der Waals surface area (Å²) >= 11 is 3.50. The predicted molar refractivity (Wildman–Crippen MR) is 80.5 cm³/mol. The lowest BCUT2D eigenvalue weighted by molar-refractivity contribution is 0.357. The number of halogens is 1. The number of imidazole rings is 1. The molecule has 0 radical (unpaired) electrons. The first-order valence-electron chi connectivity index (χ1n) is 6.95. The Morgan fingerprint density at radius 3 is 3.05 bits per heavy atom. The molecular weight excluding hydrogens is 304 g/mol. The Bertz CT molecular complexity index is 580. The van der Waals surface area contributed by atoms with Crippen LogP contribution in [0.25, 0.3) is 5.65 Å². The van der Waals surface area contributed by atoms with Crippen molar-refractivity contribution in [2.45, 2.75) is 39.2 Å². The summed E-state index contributed by atoms with van der Waals surface area (Å²) in [5, 5.41) is 0. The maximum absolute atomic E-state index is 4.68. The Morgan fingerprint density at radius 1 is 1.42 bits per heavy atom. The second kappa shape index (κ2) is 5.12. The first kappa shape index (κ1) is 12.9. The van der Waals surface area contributed by atoms with Crippen LogP contribution in [0, 0.1) is 5.92 Å². The summed E-state index contributed by atoms with van der Waals surface area (Å²) in [5.74, 6) is 1.78. The van der Waals surface area contributed by atoms with Crippen molar-refractivity contribution in [3.63, 3.8) is 0 Å². The number of anilines is 1. The summed E-state index contributed by atoms with van der Waals surface area (Å²) in [5.41, 5.74) is 0.951. The monoisotopic (exact) mass is 322 g/mol. The van der Waals surface area contributed by atoms with Crippen LogP contribution < -0.4 is 4.90 Å². The van der Waals surface area contributed by atoms with Gasteiger partial charge >= 0.3 is 0 Å². The van der Waals surface area contributed by atoms with E-state index in [0.29, 0.717) is 6.04 Å². The molecule has 1 fully saturated rings. The van der Waals surface area contributed by atoms with Crippen LogP contribution >= 0.6 is 15.9 Å². The van der Waals surface area contributed by atoms with E-state index in [0.717, 1.165) is 28.5 Å². The molecule has 102 valence electrons. The second-order valence-corrected chi connectivity index (χ2v) is 6.21. The van der Waals surface area contributed by atoms with Gasteiger partial charge in [-0.25, -0.2) is 9.97 Å². The first-order chi connectivity index (χ1) is 9.19. The minimum Gasteiger partial charge on any atom is -0.351 e. The molecule has 3 rings (SSSR count). The summed E-state index contributed by atoms with van der Waals surface area (Å²) in [6.45, 7) is 5.65. The molecule has 0 bridgehead atoms. The number of hydrogen-bond donors (Lipinski definition) is 0. The lowest BCUT2D eigenvalue weighted by Gasteiger charge is -2.38. The molecule has 2 aromatic heterocycles. The van der Waals surface area contributed by atoms with Crippen LogP contribution in [0.4, 0.5) is 5.82 Å². The molecular formula is C14H19BrN4. The van der Waals surface area contributed by atoms with Crippen molar-refractivity contribution >= 4 is 27.4 Å². The van der Waals surface area contributed by atoms with Gasteiger partial charge in [-0.1, -0.05) is 13.3 Å². The normalized spacial score (nSPS) is 24.1. The molecule has 2 unspecified atom stereocenters. The van der Waals surface area contributed by atoms with Crippen molar-refractivity contribution in [1.82, 2.24) is 14.4 Å². The molecule has 0 amide bonds. The third kappa shape index (κ3) is 2.36. The van der Waals surface area contributed by atoms with E-state index in [9.17, 15) is 0 Å². The molecule has 0 spiro atoms. The molecule has 0 saturated carbocycles. The van der Waals surface area contributed by atoms with Gasteiger partial charge in [-0.3, -0.25) is 0 Å². The largest absolute Gasteiger partial charge is 0.351 e. The minimum absolute atomic E-state index is 0.533. The fraction of sp³-hybridized carbons (Fsp3) is 0.571. The van der Waals surface area contributed by atoms with Gasteiger partial charge in [0.2, 0.25) is 0 Å². The van der Waals surface area contributed by atoms with Crippen LogP contribution in [-0.4, -0.2) is 27.0 Å². The van der Waals surface area contributed by atoms with E-state index in [1.807, 2.05) is 23.0 Å². The predicted octanol–water partition coefficient (Wildman–Crippen LogP) is 3.51. The Kier molecular flexibility index (Phi) is 3.48. The Labute approximate surface area is 122 Å². The van der Waals surface area contributed by atoms with Gasteiger partial charge in [-0.15, -0.1) is 0 Å². The van der Waals surface area contributed by atoms with Crippen LogP contribution in [0.15, 0.2) is 23.2 Å². The van der Waals surface area contributed by atoms with Crippen molar-refractivity contribution in [2.24, 2.45) is 5.92 Å². The molecule has 19 heavy (non-hydrogen) atoms. The van der Waals surface area contributed by atoms with E-state index < -0.39 is 0 Å². The van der Waals surface area contributed by atoms with E-state index >= 15 is 0 Å². The van der Waals surface area contributed by atoms with Crippen LogP contribution in [0.3, 0.4) is 0 Å². The van der Waals surface area contributed by atoms with E-state index in [4.69, 9.17) is 0 Å². The van der Waals surface area contributed by atoms with E-state index in [2.05, 4.69) is 44.6 Å². The number of piperidine rings is 1. The van der Waals surface area contributed by atoms with Gasteiger partial charge < -0.3 is 9.30 Å². The number of rotatable bonds is 2. The molecule has 2 atom stereocenters. The van der Waals surface area contributed by atoms with Gasteiger partial charge in [0.25, 0.3) is 0 Å². The Balaban J connectivity index is 2.04. The van der Waals surface area contributed by atoms with Crippen molar-refractivity contribution < 1.29 is 0 Å². The van der Waals surface area contributed by atoms with Crippen molar-refractivity contribution in [3.05, 3.63) is 23.2 Å². The molecule has 4 nitrogen and oxygen atoms in total. The van der Waals surface area contributed by atoms with Crippen LogP contribution in [0.2, 0.25) is 0 Å². The summed E-state index contributed by atoms with van der Waals surface area (Å²) in [7, 11) is 0. The van der Waals surface area contributed by atoms with Gasteiger partial charge in [0.15, 0.2) is 11.5 Å². The molecule has 1 saturated heterocycles. The highest BCUT2D eigenvalue weighted by molar-refractivity contribution is 9.10. The van der Waals surface area contributed by atoms with E-state index in [1.54, 1.807) is 0 Å². The zero-order valence-corrected chi connectivity index (χ0v) is 13.0. The molecule has 2 aromatic rings. The Hall–Kier alpha value is -1.10. The fourth-order valence-corrected chi connectivity index (χ4v) is 3.28. The highest BCUT2D eigenvalue weighted by atomic mass is 79.9. The zero-order valence-electron chi connectivity index (χ0n) is 11.4. The number of aromatic nitrogens is 3. The zero-order chi connectivity index (χ0) is 13.4. The van der Waals surface area contributed by atoms with Gasteiger partial charge in [-0.05, 0) is 41.6 Å². The summed E-state index contributed by atoms with van der Waals surface area (Å²) in [6, 6.07) is 0.533. The van der Waals surface area contributed by atoms with Gasteiger partial charge in [-0.2, -0.15) is 0 Å². The molecule has 3 heterocycles. The van der Waals surface area contributed by atoms with Crippen molar-refractivity contribution in [2.75, 3.05) is 11.4 Å². The molecule has 1 aliphatic heterocycles. The smallest absolute Gasteiger partial charge is 0.180 e. The summed E-state index contributed by atoms with van der Waals surface area (Å²) in [4.78, 5) is 11.6. The maximum atomic E-state index is 4.68. The lowest BCUT2D eigenvalue weighted by Crippen LogP contribution is -2.42. The molecule has 5 heteroatoms.